The highest BCUT2D eigenvalue weighted by Gasteiger charge is 2.21. The molecule has 1 atom stereocenters. The second-order valence-electron chi connectivity index (χ2n) is 3.78. The van der Waals surface area contributed by atoms with Crippen LogP contribution in [0.25, 0.3) is 0 Å². The molecule has 1 unspecified atom stereocenters. The molecule has 1 aromatic rings. The molecule has 0 saturated carbocycles. The molecule has 1 saturated heterocycles. The van der Waals surface area contributed by atoms with E-state index in [1.165, 1.54) is 12.3 Å². The van der Waals surface area contributed by atoms with E-state index in [4.69, 9.17) is 9.52 Å². The molecule has 1 fully saturated rings. The molecule has 1 aromatic heterocycles. The van der Waals surface area contributed by atoms with E-state index in [1.807, 2.05) is 4.90 Å². The molecular formula is C10H13NO4. The van der Waals surface area contributed by atoms with Gasteiger partial charge in [0.2, 0.25) is 0 Å². The average molecular weight is 211 g/mol. The molecule has 0 amide bonds. The van der Waals surface area contributed by atoms with E-state index in [0.29, 0.717) is 18.8 Å². The fourth-order valence-corrected chi connectivity index (χ4v) is 1.75. The van der Waals surface area contributed by atoms with E-state index < -0.39 is 5.97 Å². The summed E-state index contributed by atoms with van der Waals surface area (Å²) in [6.07, 6.45) is 1.75. The molecule has 82 valence electrons. The Balaban J connectivity index is 1.96. The minimum atomic E-state index is -0.980. The normalized spacial score (nSPS) is 22.1. The Labute approximate surface area is 86.9 Å². The van der Waals surface area contributed by atoms with Gasteiger partial charge in [0.05, 0.1) is 18.2 Å². The van der Waals surface area contributed by atoms with Crippen LogP contribution < -0.4 is 0 Å². The Morgan fingerprint density at radius 2 is 2.47 bits per heavy atom. The van der Waals surface area contributed by atoms with Gasteiger partial charge in [0.25, 0.3) is 0 Å². The smallest absolute Gasteiger partial charge is 0.338 e. The predicted molar refractivity (Wildman–Crippen MR) is 51.6 cm³/mol. The first kappa shape index (κ1) is 10.2. The highest BCUT2D eigenvalue weighted by atomic mass is 16.4. The summed E-state index contributed by atoms with van der Waals surface area (Å²) >= 11 is 0. The van der Waals surface area contributed by atoms with Crippen molar-refractivity contribution in [1.82, 2.24) is 4.90 Å². The minimum absolute atomic E-state index is 0.171. The van der Waals surface area contributed by atoms with Gasteiger partial charge in [-0.2, -0.15) is 0 Å². The number of rotatable bonds is 3. The molecule has 0 aliphatic carbocycles. The van der Waals surface area contributed by atoms with Gasteiger partial charge in [-0.3, -0.25) is 4.90 Å². The van der Waals surface area contributed by atoms with Crippen LogP contribution in [0.5, 0.6) is 0 Å². The van der Waals surface area contributed by atoms with Gasteiger partial charge < -0.3 is 14.6 Å². The molecule has 2 heterocycles. The van der Waals surface area contributed by atoms with Gasteiger partial charge in [-0.25, -0.2) is 4.79 Å². The summed E-state index contributed by atoms with van der Waals surface area (Å²) in [5.74, 6) is -0.354. The molecule has 0 spiro atoms. The van der Waals surface area contributed by atoms with Gasteiger partial charge in [-0.05, 0) is 12.5 Å². The number of carboxylic acids is 1. The third kappa shape index (κ3) is 2.37. The standard InChI is InChI=1S/C10H13NO4/c12-8-1-2-11(4-8)5-9-3-7(6-15-9)10(13)14/h3,6,8,12H,1-2,4-5H2,(H,13,14). The van der Waals surface area contributed by atoms with Gasteiger partial charge in [-0.15, -0.1) is 0 Å². The van der Waals surface area contributed by atoms with Crippen LogP contribution >= 0.6 is 0 Å². The number of hydrogen-bond acceptors (Lipinski definition) is 4. The second-order valence-corrected chi connectivity index (χ2v) is 3.78. The summed E-state index contributed by atoms with van der Waals surface area (Å²) in [5.41, 5.74) is 0.171. The number of likely N-dealkylation sites (tertiary alicyclic amines) is 1. The topological polar surface area (TPSA) is 73.9 Å². The van der Waals surface area contributed by atoms with Gasteiger partial charge in [-0.1, -0.05) is 0 Å². The van der Waals surface area contributed by atoms with Crippen molar-refractivity contribution in [2.75, 3.05) is 13.1 Å². The summed E-state index contributed by atoms with van der Waals surface area (Å²) in [4.78, 5) is 12.6. The lowest BCUT2D eigenvalue weighted by Crippen LogP contribution is -2.21. The number of carboxylic acid groups (broad SMARTS) is 1. The third-order valence-electron chi connectivity index (χ3n) is 2.53. The van der Waals surface area contributed by atoms with Gasteiger partial charge in [0.1, 0.15) is 12.0 Å². The lowest BCUT2D eigenvalue weighted by molar-refractivity contribution is 0.0696. The monoisotopic (exact) mass is 211 g/mol. The maximum absolute atomic E-state index is 10.6. The van der Waals surface area contributed by atoms with Crippen LogP contribution in [0.4, 0.5) is 0 Å². The van der Waals surface area contributed by atoms with Crippen LogP contribution in [-0.2, 0) is 6.54 Å². The highest BCUT2D eigenvalue weighted by molar-refractivity contribution is 5.87. The van der Waals surface area contributed by atoms with E-state index >= 15 is 0 Å². The van der Waals surface area contributed by atoms with Gasteiger partial charge >= 0.3 is 5.97 Å². The number of aliphatic hydroxyl groups is 1. The largest absolute Gasteiger partial charge is 0.478 e. The van der Waals surface area contributed by atoms with Crippen LogP contribution in [0.15, 0.2) is 16.7 Å². The number of furan rings is 1. The van der Waals surface area contributed by atoms with Crippen LogP contribution in [0.1, 0.15) is 22.5 Å². The molecule has 1 aliphatic rings. The second kappa shape index (κ2) is 4.04. The van der Waals surface area contributed by atoms with E-state index in [2.05, 4.69) is 0 Å². The maximum Gasteiger partial charge on any atom is 0.338 e. The highest BCUT2D eigenvalue weighted by Crippen LogP contribution is 2.15. The van der Waals surface area contributed by atoms with Crippen molar-refractivity contribution in [1.29, 1.82) is 0 Å². The summed E-state index contributed by atoms with van der Waals surface area (Å²) in [6, 6.07) is 1.52. The molecule has 0 radical (unpaired) electrons. The van der Waals surface area contributed by atoms with Crippen LogP contribution in [-0.4, -0.2) is 40.3 Å². The quantitative estimate of drug-likeness (QED) is 0.763. The molecule has 5 nitrogen and oxygen atoms in total. The zero-order valence-electron chi connectivity index (χ0n) is 8.22. The molecule has 0 aromatic carbocycles. The average Bonchev–Trinajstić information content (AvgIpc) is 2.76. The molecule has 5 heteroatoms. The Bertz CT molecular complexity index is 360. The summed E-state index contributed by atoms with van der Waals surface area (Å²) in [7, 11) is 0. The molecular weight excluding hydrogens is 198 g/mol. The first-order valence-electron chi connectivity index (χ1n) is 4.86. The van der Waals surface area contributed by atoms with E-state index in [1.54, 1.807) is 0 Å². The number of carbonyl (C=O) groups is 1. The number of aromatic carboxylic acids is 1. The van der Waals surface area contributed by atoms with Crippen molar-refractivity contribution in [3.63, 3.8) is 0 Å². The predicted octanol–water partition coefficient (Wildman–Crippen LogP) is 0.544. The summed E-state index contributed by atoms with van der Waals surface area (Å²) in [5, 5.41) is 18.0. The lowest BCUT2D eigenvalue weighted by Gasteiger charge is -2.11. The zero-order chi connectivity index (χ0) is 10.8. The summed E-state index contributed by atoms with van der Waals surface area (Å²) in [6.45, 7) is 2.01. The fraction of sp³-hybridized carbons (Fsp3) is 0.500. The van der Waals surface area contributed by atoms with Crippen molar-refractivity contribution in [2.24, 2.45) is 0 Å². The fourth-order valence-electron chi connectivity index (χ4n) is 1.75. The molecule has 1 aliphatic heterocycles. The number of β-amino-alcohol motifs (C(OH)–C–C–N with tert-alkyl or cyclic N) is 1. The first-order valence-corrected chi connectivity index (χ1v) is 4.86. The van der Waals surface area contributed by atoms with Crippen molar-refractivity contribution < 1.29 is 19.4 Å². The van der Waals surface area contributed by atoms with Gasteiger partial charge in [0, 0.05) is 13.1 Å². The van der Waals surface area contributed by atoms with Gasteiger partial charge in [0.15, 0.2) is 0 Å². The molecule has 2 rings (SSSR count). The Morgan fingerprint density at radius 1 is 1.67 bits per heavy atom. The van der Waals surface area contributed by atoms with Crippen LogP contribution in [0, 0.1) is 0 Å². The first-order chi connectivity index (χ1) is 7.15. The van der Waals surface area contributed by atoms with E-state index in [0.717, 1.165) is 13.0 Å². The van der Waals surface area contributed by atoms with Crippen LogP contribution in [0.2, 0.25) is 0 Å². The zero-order valence-corrected chi connectivity index (χ0v) is 8.22. The minimum Gasteiger partial charge on any atom is -0.478 e. The van der Waals surface area contributed by atoms with Crippen molar-refractivity contribution in [3.05, 3.63) is 23.7 Å². The van der Waals surface area contributed by atoms with Crippen molar-refractivity contribution in [3.8, 4) is 0 Å². The van der Waals surface area contributed by atoms with Crippen molar-refractivity contribution in [2.45, 2.75) is 19.1 Å². The molecule has 15 heavy (non-hydrogen) atoms. The van der Waals surface area contributed by atoms with Crippen LogP contribution in [0.3, 0.4) is 0 Å². The van der Waals surface area contributed by atoms with E-state index in [9.17, 15) is 9.90 Å². The Kier molecular flexibility index (Phi) is 2.75. The third-order valence-corrected chi connectivity index (χ3v) is 2.53. The van der Waals surface area contributed by atoms with Crippen molar-refractivity contribution >= 4 is 5.97 Å². The summed E-state index contributed by atoms with van der Waals surface area (Å²) < 4.78 is 5.12. The number of hydrogen-bond donors (Lipinski definition) is 2. The lowest BCUT2D eigenvalue weighted by atomic mass is 10.3. The number of aliphatic hydroxyl groups excluding tert-OH is 1. The Morgan fingerprint density at radius 3 is 3.00 bits per heavy atom. The Hall–Kier alpha value is -1.33. The molecule has 0 bridgehead atoms. The molecule has 2 N–H and O–H groups in total. The number of nitrogens with zero attached hydrogens (tertiary/aromatic N) is 1. The maximum atomic E-state index is 10.6. The SMILES string of the molecule is O=C(O)c1coc(CN2CCC(O)C2)c1. The van der Waals surface area contributed by atoms with E-state index in [-0.39, 0.29) is 11.7 Å².